The normalized spacial score (nSPS) is 19.8. The molecular formula is C12H12INO3. The average Bonchev–Trinajstić information content (AvgIpc) is 2.65. The summed E-state index contributed by atoms with van der Waals surface area (Å²) in [6.07, 6.45) is 0.0966. The third-order valence-electron chi connectivity index (χ3n) is 2.94. The molecule has 4 nitrogen and oxygen atoms in total. The summed E-state index contributed by atoms with van der Waals surface area (Å²) in [6, 6.07) is 5.71. The van der Waals surface area contributed by atoms with E-state index in [1.54, 1.807) is 4.90 Å². The zero-order valence-electron chi connectivity index (χ0n) is 9.31. The second-order valence-electron chi connectivity index (χ2n) is 4.15. The van der Waals surface area contributed by atoms with Crippen LogP contribution in [-0.4, -0.2) is 23.5 Å². The van der Waals surface area contributed by atoms with Gasteiger partial charge in [0.05, 0.1) is 11.6 Å². The Bertz CT molecular complexity index is 487. The quantitative estimate of drug-likeness (QED) is 0.835. The van der Waals surface area contributed by atoms with Crippen molar-refractivity contribution in [1.29, 1.82) is 0 Å². The number of hydrogen-bond donors (Lipinski definition) is 1. The van der Waals surface area contributed by atoms with Crippen LogP contribution in [0.1, 0.15) is 12.0 Å². The van der Waals surface area contributed by atoms with Gasteiger partial charge in [-0.05, 0) is 41.1 Å². The smallest absolute Gasteiger partial charge is 0.308 e. The van der Waals surface area contributed by atoms with Gasteiger partial charge in [0.2, 0.25) is 5.91 Å². The van der Waals surface area contributed by atoms with Gasteiger partial charge in [-0.3, -0.25) is 9.59 Å². The summed E-state index contributed by atoms with van der Waals surface area (Å²) >= 11 is 2.19. The lowest BCUT2D eigenvalue weighted by atomic mass is 10.1. The van der Waals surface area contributed by atoms with Crippen LogP contribution in [0.2, 0.25) is 0 Å². The van der Waals surface area contributed by atoms with Crippen molar-refractivity contribution in [1.82, 2.24) is 0 Å². The molecule has 5 heteroatoms. The van der Waals surface area contributed by atoms with Gasteiger partial charge in [-0.25, -0.2) is 0 Å². The fourth-order valence-corrected chi connectivity index (χ4v) is 2.60. The van der Waals surface area contributed by atoms with Gasteiger partial charge < -0.3 is 10.0 Å². The SMILES string of the molecule is Cc1cccc(N2CC(C(=O)O)CC2=O)c1I. The molecule has 0 radical (unpaired) electrons. The van der Waals surface area contributed by atoms with Gasteiger partial charge in [-0.2, -0.15) is 0 Å². The molecule has 1 aromatic carbocycles. The van der Waals surface area contributed by atoms with E-state index in [9.17, 15) is 9.59 Å². The number of aliphatic carboxylic acids is 1. The van der Waals surface area contributed by atoms with Gasteiger partial charge in [0.1, 0.15) is 0 Å². The minimum Gasteiger partial charge on any atom is -0.481 e. The molecule has 1 aliphatic heterocycles. The van der Waals surface area contributed by atoms with E-state index < -0.39 is 11.9 Å². The Morgan fingerprint density at radius 3 is 2.82 bits per heavy atom. The number of benzene rings is 1. The Morgan fingerprint density at radius 1 is 1.53 bits per heavy atom. The van der Waals surface area contributed by atoms with Gasteiger partial charge in [-0.15, -0.1) is 0 Å². The number of aryl methyl sites for hydroxylation is 1. The summed E-state index contributed by atoms with van der Waals surface area (Å²) < 4.78 is 1.00. The minimum atomic E-state index is -0.900. The van der Waals surface area contributed by atoms with Gasteiger partial charge in [0.25, 0.3) is 0 Å². The summed E-state index contributed by atoms with van der Waals surface area (Å²) in [4.78, 5) is 24.3. The first-order valence-electron chi connectivity index (χ1n) is 5.29. The lowest BCUT2D eigenvalue weighted by molar-refractivity contribution is -0.141. The maximum Gasteiger partial charge on any atom is 0.308 e. The Morgan fingerprint density at radius 2 is 2.24 bits per heavy atom. The van der Waals surface area contributed by atoms with E-state index in [0.717, 1.165) is 14.8 Å². The number of halogens is 1. The lowest BCUT2D eigenvalue weighted by Crippen LogP contribution is -2.26. The third-order valence-corrected chi connectivity index (χ3v) is 4.34. The standard InChI is InChI=1S/C12H12INO3/c1-7-3-2-4-9(11(7)13)14-6-8(12(16)17)5-10(14)15/h2-4,8H,5-6H2,1H3,(H,16,17). The van der Waals surface area contributed by atoms with Crippen LogP contribution in [0.15, 0.2) is 18.2 Å². The molecule has 0 bridgehead atoms. The van der Waals surface area contributed by atoms with Crippen molar-refractivity contribution in [3.8, 4) is 0 Å². The molecule has 1 unspecified atom stereocenters. The summed E-state index contributed by atoms with van der Waals surface area (Å²) in [6.45, 7) is 2.24. The number of carboxylic acids is 1. The van der Waals surface area contributed by atoms with Crippen molar-refractivity contribution < 1.29 is 14.7 Å². The number of amides is 1. The van der Waals surface area contributed by atoms with Crippen molar-refractivity contribution in [2.24, 2.45) is 5.92 Å². The summed E-state index contributed by atoms with van der Waals surface area (Å²) in [5.41, 5.74) is 1.91. The molecular weight excluding hydrogens is 333 g/mol. The van der Waals surface area contributed by atoms with Crippen molar-refractivity contribution in [3.63, 3.8) is 0 Å². The number of carbonyl (C=O) groups excluding carboxylic acids is 1. The Kier molecular flexibility index (Phi) is 3.37. The van der Waals surface area contributed by atoms with Crippen LogP contribution >= 0.6 is 22.6 Å². The molecule has 0 spiro atoms. The van der Waals surface area contributed by atoms with Crippen LogP contribution in [0.4, 0.5) is 5.69 Å². The molecule has 1 saturated heterocycles. The number of rotatable bonds is 2. The number of anilines is 1. The highest BCUT2D eigenvalue weighted by molar-refractivity contribution is 14.1. The van der Waals surface area contributed by atoms with Gasteiger partial charge in [0, 0.05) is 16.5 Å². The van der Waals surface area contributed by atoms with Crippen LogP contribution in [0, 0.1) is 16.4 Å². The number of hydrogen-bond acceptors (Lipinski definition) is 2. The molecule has 1 N–H and O–H groups in total. The second-order valence-corrected chi connectivity index (χ2v) is 5.23. The molecule has 1 aliphatic rings. The zero-order valence-corrected chi connectivity index (χ0v) is 11.5. The highest BCUT2D eigenvalue weighted by atomic mass is 127. The molecule has 17 heavy (non-hydrogen) atoms. The molecule has 2 rings (SSSR count). The first-order chi connectivity index (χ1) is 8.00. The molecule has 1 amide bonds. The molecule has 1 atom stereocenters. The van der Waals surface area contributed by atoms with Gasteiger partial charge in [-0.1, -0.05) is 12.1 Å². The van der Waals surface area contributed by atoms with Crippen molar-refractivity contribution in [2.75, 3.05) is 11.4 Å². The zero-order chi connectivity index (χ0) is 12.6. The van der Waals surface area contributed by atoms with Crippen LogP contribution in [0.3, 0.4) is 0 Å². The molecule has 0 saturated carbocycles. The molecule has 0 aliphatic carbocycles. The van der Waals surface area contributed by atoms with Crippen molar-refractivity contribution in [2.45, 2.75) is 13.3 Å². The van der Waals surface area contributed by atoms with Crippen LogP contribution in [0.25, 0.3) is 0 Å². The maximum absolute atomic E-state index is 11.8. The molecule has 1 fully saturated rings. The van der Waals surface area contributed by atoms with E-state index in [-0.39, 0.29) is 18.9 Å². The van der Waals surface area contributed by atoms with Crippen LogP contribution < -0.4 is 4.90 Å². The summed E-state index contributed by atoms with van der Waals surface area (Å²) in [5.74, 6) is -1.59. The van der Waals surface area contributed by atoms with Crippen LogP contribution in [0.5, 0.6) is 0 Å². The molecule has 1 heterocycles. The average molecular weight is 345 g/mol. The number of carbonyl (C=O) groups is 2. The number of nitrogens with zero attached hydrogens (tertiary/aromatic N) is 1. The lowest BCUT2D eigenvalue weighted by Gasteiger charge is -2.18. The molecule has 1 aromatic rings. The first kappa shape index (κ1) is 12.3. The fraction of sp³-hybridized carbons (Fsp3) is 0.333. The van der Waals surface area contributed by atoms with Gasteiger partial charge >= 0.3 is 5.97 Å². The van der Waals surface area contributed by atoms with E-state index in [2.05, 4.69) is 22.6 Å². The van der Waals surface area contributed by atoms with E-state index in [1.165, 1.54) is 0 Å². The summed E-state index contributed by atoms with van der Waals surface area (Å²) in [5, 5.41) is 8.94. The predicted molar refractivity (Wildman–Crippen MR) is 72.0 cm³/mol. The van der Waals surface area contributed by atoms with E-state index >= 15 is 0 Å². The van der Waals surface area contributed by atoms with Gasteiger partial charge in [0.15, 0.2) is 0 Å². The Hall–Kier alpha value is -1.11. The van der Waals surface area contributed by atoms with Crippen molar-refractivity contribution in [3.05, 3.63) is 27.3 Å². The highest BCUT2D eigenvalue weighted by Gasteiger charge is 2.35. The highest BCUT2D eigenvalue weighted by Crippen LogP contribution is 2.30. The van der Waals surface area contributed by atoms with E-state index in [4.69, 9.17) is 5.11 Å². The molecule has 0 aromatic heterocycles. The topological polar surface area (TPSA) is 57.6 Å². The molecule has 90 valence electrons. The fourth-order valence-electron chi connectivity index (χ4n) is 1.95. The predicted octanol–water partition coefficient (Wildman–Crippen LogP) is 2.04. The van der Waals surface area contributed by atoms with E-state index in [1.807, 2.05) is 25.1 Å². The number of carboxylic acid groups (broad SMARTS) is 1. The van der Waals surface area contributed by atoms with E-state index in [0.29, 0.717) is 0 Å². The van der Waals surface area contributed by atoms with Crippen molar-refractivity contribution >= 4 is 40.2 Å². The maximum atomic E-state index is 11.8. The third kappa shape index (κ3) is 2.29. The minimum absolute atomic E-state index is 0.0966. The second kappa shape index (κ2) is 4.64. The monoisotopic (exact) mass is 345 g/mol. The Balaban J connectivity index is 2.32. The largest absolute Gasteiger partial charge is 0.481 e. The first-order valence-corrected chi connectivity index (χ1v) is 6.37. The van der Waals surface area contributed by atoms with Crippen LogP contribution in [-0.2, 0) is 9.59 Å². The summed E-state index contributed by atoms with van der Waals surface area (Å²) in [7, 11) is 0. The Labute approximate surface area is 113 Å².